The molecule has 1 fully saturated rings. The molecule has 0 saturated carbocycles. The number of anilines is 1. The summed E-state index contributed by atoms with van der Waals surface area (Å²) >= 11 is 0. The number of ether oxygens (including phenoxy) is 2. The van der Waals surface area contributed by atoms with Crippen LogP contribution in [0.5, 0.6) is 5.88 Å². The van der Waals surface area contributed by atoms with Gasteiger partial charge in [0.2, 0.25) is 5.88 Å². The molecule has 1 aliphatic heterocycles. The van der Waals surface area contributed by atoms with Crippen LogP contribution < -0.4 is 9.64 Å². The number of fused-ring (bicyclic) bond motifs is 1. The second-order valence-electron chi connectivity index (χ2n) is 6.53. The normalized spacial score (nSPS) is 14.7. The fourth-order valence-corrected chi connectivity index (χ4v) is 3.54. The number of aromatic nitrogens is 7. The second-order valence-corrected chi connectivity index (χ2v) is 6.53. The maximum Gasteiger partial charge on any atom is 0.243 e. The average molecular weight is 380 g/mol. The minimum atomic E-state index is 0.502. The molecule has 0 amide bonds. The molecule has 4 aromatic heterocycles. The van der Waals surface area contributed by atoms with Gasteiger partial charge in [-0.3, -0.25) is 9.78 Å². The van der Waals surface area contributed by atoms with Crippen LogP contribution in [-0.2, 0) is 11.8 Å². The van der Waals surface area contributed by atoms with Crippen LogP contribution in [0.25, 0.3) is 28.1 Å². The fraction of sp³-hybridized carbons (Fsp3) is 0.333. The lowest BCUT2D eigenvalue weighted by Gasteiger charge is -2.28. The predicted octanol–water partition coefficient (Wildman–Crippen LogP) is 1.39. The number of rotatable bonds is 4. The van der Waals surface area contributed by atoms with Crippen molar-refractivity contribution in [2.45, 2.75) is 0 Å². The molecule has 4 aromatic rings. The van der Waals surface area contributed by atoms with Gasteiger partial charge in [-0.1, -0.05) is 0 Å². The third-order valence-electron chi connectivity index (χ3n) is 4.93. The zero-order chi connectivity index (χ0) is 19.1. The van der Waals surface area contributed by atoms with Crippen LogP contribution in [0.1, 0.15) is 0 Å². The maximum absolute atomic E-state index is 5.60. The summed E-state index contributed by atoms with van der Waals surface area (Å²) in [6.45, 7) is 2.95. The second kappa shape index (κ2) is 6.64. The summed E-state index contributed by atoms with van der Waals surface area (Å²) in [7, 11) is 3.53. The summed E-state index contributed by atoms with van der Waals surface area (Å²) in [6, 6.07) is 5.90. The van der Waals surface area contributed by atoms with Crippen LogP contribution in [0, 0.1) is 0 Å². The standard InChI is InChI=1S/C18H20N8O2/c1-24-13(3-6-20-24)12-11-15(25-7-9-28-10-8-25)21-17-16(12)18(27-2)23-26(17)14-4-5-19-22-14/h3-6,11H,7-10H2,1-2H3,(H,19,22). The maximum atomic E-state index is 5.60. The van der Waals surface area contributed by atoms with E-state index in [4.69, 9.17) is 14.5 Å². The number of nitrogens with zero attached hydrogens (tertiary/aromatic N) is 7. The molecule has 1 saturated heterocycles. The van der Waals surface area contributed by atoms with Gasteiger partial charge in [0.25, 0.3) is 0 Å². The largest absolute Gasteiger partial charge is 0.479 e. The first-order chi connectivity index (χ1) is 13.8. The van der Waals surface area contributed by atoms with Crippen molar-refractivity contribution in [2.24, 2.45) is 7.05 Å². The molecule has 0 aliphatic carbocycles. The van der Waals surface area contributed by atoms with Gasteiger partial charge < -0.3 is 14.4 Å². The first kappa shape index (κ1) is 16.8. The summed E-state index contributed by atoms with van der Waals surface area (Å²) in [6.07, 6.45) is 3.46. The van der Waals surface area contributed by atoms with E-state index in [0.717, 1.165) is 41.4 Å². The van der Waals surface area contributed by atoms with E-state index >= 15 is 0 Å². The van der Waals surface area contributed by atoms with Crippen molar-refractivity contribution in [3.05, 3.63) is 30.6 Å². The topological polar surface area (TPSA) is 98.9 Å². The van der Waals surface area contributed by atoms with Gasteiger partial charge in [0, 0.05) is 38.0 Å². The first-order valence-electron chi connectivity index (χ1n) is 9.05. The van der Waals surface area contributed by atoms with Crippen LogP contribution in [0.2, 0.25) is 0 Å². The molecule has 5 heterocycles. The van der Waals surface area contributed by atoms with Gasteiger partial charge >= 0.3 is 0 Å². The highest BCUT2D eigenvalue weighted by molar-refractivity contribution is 5.98. The molecule has 1 aliphatic rings. The molecule has 0 unspecified atom stereocenters. The number of aromatic amines is 1. The Labute approximate surface area is 160 Å². The molecule has 5 rings (SSSR count). The number of hydrogen-bond donors (Lipinski definition) is 1. The van der Waals surface area contributed by atoms with Crippen molar-refractivity contribution < 1.29 is 9.47 Å². The van der Waals surface area contributed by atoms with E-state index in [9.17, 15) is 0 Å². The fourth-order valence-electron chi connectivity index (χ4n) is 3.54. The van der Waals surface area contributed by atoms with E-state index in [-0.39, 0.29) is 0 Å². The summed E-state index contributed by atoms with van der Waals surface area (Å²) in [5.74, 6) is 2.09. The van der Waals surface area contributed by atoms with Crippen molar-refractivity contribution >= 4 is 16.9 Å². The highest BCUT2D eigenvalue weighted by atomic mass is 16.5. The van der Waals surface area contributed by atoms with Gasteiger partial charge in [-0.2, -0.15) is 14.9 Å². The average Bonchev–Trinajstić information content (AvgIpc) is 3.47. The van der Waals surface area contributed by atoms with Gasteiger partial charge in [0.15, 0.2) is 11.5 Å². The van der Waals surface area contributed by atoms with Crippen LogP contribution >= 0.6 is 0 Å². The first-order valence-corrected chi connectivity index (χ1v) is 9.05. The predicted molar refractivity (Wildman–Crippen MR) is 103 cm³/mol. The minimum Gasteiger partial charge on any atom is -0.479 e. The van der Waals surface area contributed by atoms with E-state index in [1.807, 2.05) is 23.9 Å². The Bertz CT molecular complexity index is 1110. The van der Waals surface area contributed by atoms with Gasteiger partial charge in [0.1, 0.15) is 5.82 Å². The Balaban J connectivity index is 1.81. The van der Waals surface area contributed by atoms with Crippen molar-refractivity contribution in [2.75, 3.05) is 38.3 Å². The Kier molecular flexibility index (Phi) is 3.97. The summed E-state index contributed by atoms with van der Waals surface area (Å²) in [4.78, 5) is 7.16. The van der Waals surface area contributed by atoms with Gasteiger partial charge in [-0.15, -0.1) is 5.10 Å². The van der Waals surface area contributed by atoms with Crippen LogP contribution in [-0.4, -0.2) is 68.2 Å². The van der Waals surface area contributed by atoms with Crippen LogP contribution in [0.3, 0.4) is 0 Å². The summed E-state index contributed by atoms with van der Waals surface area (Å²) in [5.41, 5.74) is 2.62. The Morgan fingerprint density at radius 1 is 1.18 bits per heavy atom. The van der Waals surface area contributed by atoms with E-state index in [0.29, 0.717) is 24.7 Å². The Hall–Kier alpha value is -3.40. The molecular weight excluding hydrogens is 360 g/mol. The zero-order valence-electron chi connectivity index (χ0n) is 15.7. The number of H-pyrrole nitrogens is 1. The molecule has 0 atom stereocenters. The lowest BCUT2D eigenvalue weighted by atomic mass is 10.1. The Morgan fingerprint density at radius 2 is 2.04 bits per heavy atom. The van der Waals surface area contributed by atoms with Crippen LogP contribution in [0.4, 0.5) is 5.82 Å². The molecular formula is C18H20N8O2. The third kappa shape index (κ3) is 2.61. The highest BCUT2D eigenvalue weighted by Gasteiger charge is 2.24. The SMILES string of the molecule is COc1nn(-c2ccn[nH]2)c2nc(N3CCOCC3)cc(-c3ccnn3C)c12. The molecule has 0 spiro atoms. The Morgan fingerprint density at radius 3 is 2.71 bits per heavy atom. The molecule has 144 valence electrons. The van der Waals surface area contributed by atoms with E-state index < -0.39 is 0 Å². The molecule has 10 heteroatoms. The van der Waals surface area contributed by atoms with E-state index in [1.54, 1.807) is 24.2 Å². The summed E-state index contributed by atoms with van der Waals surface area (Å²) in [5, 5.41) is 16.8. The van der Waals surface area contributed by atoms with Gasteiger partial charge in [-0.05, 0) is 12.1 Å². The number of morpholine rings is 1. The molecule has 0 bridgehead atoms. The molecule has 28 heavy (non-hydrogen) atoms. The van der Waals surface area contributed by atoms with E-state index in [1.165, 1.54) is 0 Å². The van der Waals surface area contributed by atoms with Gasteiger partial charge in [-0.25, -0.2) is 4.98 Å². The van der Waals surface area contributed by atoms with Crippen molar-refractivity contribution in [3.8, 4) is 23.0 Å². The minimum absolute atomic E-state index is 0.502. The van der Waals surface area contributed by atoms with Crippen molar-refractivity contribution in [1.29, 1.82) is 0 Å². The highest BCUT2D eigenvalue weighted by Crippen LogP contribution is 2.37. The van der Waals surface area contributed by atoms with Crippen LogP contribution in [0.15, 0.2) is 30.6 Å². The number of aryl methyl sites for hydroxylation is 1. The smallest absolute Gasteiger partial charge is 0.243 e. The monoisotopic (exact) mass is 380 g/mol. The molecule has 10 nitrogen and oxygen atoms in total. The quantitative estimate of drug-likeness (QED) is 0.571. The zero-order valence-corrected chi connectivity index (χ0v) is 15.7. The lowest BCUT2D eigenvalue weighted by molar-refractivity contribution is 0.122. The molecule has 1 N–H and O–H groups in total. The molecule has 0 radical (unpaired) electrons. The van der Waals surface area contributed by atoms with Crippen molar-refractivity contribution in [3.63, 3.8) is 0 Å². The number of hydrogen-bond acceptors (Lipinski definition) is 7. The third-order valence-corrected chi connectivity index (χ3v) is 4.93. The van der Waals surface area contributed by atoms with E-state index in [2.05, 4.69) is 31.4 Å². The number of pyridine rings is 1. The van der Waals surface area contributed by atoms with Gasteiger partial charge in [0.05, 0.1) is 37.6 Å². The number of methoxy groups -OCH3 is 1. The molecule has 0 aromatic carbocycles. The van der Waals surface area contributed by atoms with Crippen molar-refractivity contribution in [1.82, 2.24) is 34.7 Å². The lowest BCUT2D eigenvalue weighted by Crippen LogP contribution is -2.36. The summed E-state index contributed by atoms with van der Waals surface area (Å²) < 4.78 is 14.7. The number of nitrogens with one attached hydrogen (secondary N) is 1.